The molecule has 0 saturated carbocycles. The first-order valence-electron chi connectivity index (χ1n) is 5.38. The van der Waals surface area contributed by atoms with Crippen LogP contribution in [0.1, 0.15) is 30.1 Å². The first-order chi connectivity index (χ1) is 8.02. The van der Waals surface area contributed by atoms with Gasteiger partial charge in [-0.05, 0) is 40.9 Å². The van der Waals surface area contributed by atoms with Crippen LogP contribution < -0.4 is 5.32 Å². The number of benzene rings is 1. The minimum absolute atomic E-state index is 0.214. The SMILES string of the molecule is CC(Br)CCCNC(=O)c1cccc(F)c1Br. The van der Waals surface area contributed by atoms with Gasteiger partial charge >= 0.3 is 0 Å². The van der Waals surface area contributed by atoms with Crippen molar-refractivity contribution in [3.63, 3.8) is 0 Å². The summed E-state index contributed by atoms with van der Waals surface area (Å²) in [5.74, 6) is -0.676. The summed E-state index contributed by atoms with van der Waals surface area (Å²) in [7, 11) is 0. The fourth-order valence-electron chi connectivity index (χ4n) is 1.36. The number of nitrogens with one attached hydrogen (secondary N) is 1. The van der Waals surface area contributed by atoms with Gasteiger partial charge in [0.2, 0.25) is 0 Å². The van der Waals surface area contributed by atoms with Gasteiger partial charge in [-0.15, -0.1) is 0 Å². The Morgan fingerprint density at radius 1 is 1.53 bits per heavy atom. The Labute approximate surface area is 117 Å². The number of hydrogen-bond acceptors (Lipinski definition) is 1. The molecular formula is C12H14Br2FNO. The maximum Gasteiger partial charge on any atom is 0.252 e. The van der Waals surface area contributed by atoms with Crippen LogP contribution in [0.25, 0.3) is 0 Å². The number of amides is 1. The molecule has 0 saturated heterocycles. The lowest BCUT2D eigenvalue weighted by molar-refractivity contribution is 0.0951. The monoisotopic (exact) mass is 365 g/mol. The second kappa shape index (κ2) is 7.11. The van der Waals surface area contributed by atoms with Gasteiger partial charge in [0.05, 0.1) is 10.0 Å². The lowest BCUT2D eigenvalue weighted by Gasteiger charge is -2.08. The highest BCUT2D eigenvalue weighted by Crippen LogP contribution is 2.20. The van der Waals surface area contributed by atoms with Gasteiger partial charge in [-0.2, -0.15) is 0 Å². The molecule has 1 aromatic rings. The summed E-state index contributed by atoms with van der Waals surface area (Å²) >= 11 is 6.51. The molecule has 0 aliphatic carbocycles. The molecule has 5 heteroatoms. The molecule has 1 N–H and O–H groups in total. The molecule has 0 spiro atoms. The highest BCUT2D eigenvalue weighted by Gasteiger charge is 2.12. The van der Waals surface area contributed by atoms with Crippen molar-refractivity contribution < 1.29 is 9.18 Å². The third-order valence-electron chi connectivity index (χ3n) is 2.26. The lowest BCUT2D eigenvalue weighted by Crippen LogP contribution is -2.25. The molecule has 0 bridgehead atoms. The van der Waals surface area contributed by atoms with Crippen LogP contribution in [0.3, 0.4) is 0 Å². The Bertz CT molecular complexity index is 396. The molecular weight excluding hydrogens is 353 g/mol. The average Bonchev–Trinajstić information content (AvgIpc) is 2.27. The van der Waals surface area contributed by atoms with Crippen LogP contribution >= 0.6 is 31.9 Å². The number of carbonyl (C=O) groups is 1. The summed E-state index contributed by atoms with van der Waals surface area (Å²) in [4.78, 5) is 12.2. The van der Waals surface area contributed by atoms with E-state index in [2.05, 4.69) is 44.1 Å². The fourth-order valence-corrected chi connectivity index (χ4v) is 2.13. The molecule has 94 valence electrons. The lowest BCUT2D eigenvalue weighted by atomic mass is 10.2. The molecule has 1 aromatic carbocycles. The second-order valence-corrected chi connectivity index (χ2v) is 6.14. The van der Waals surface area contributed by atoms with Crippen LogP contribution in [0.2, 0.25) is 0 Å². The Balaban J connectivity index is 2.50. The number of alkyl halides is 1. The number of rotatable bonds is 5. The predicted octanol–water partition coefficient (Wildman–Crippen LogP) is 3.88. The molecule has 2 nitrogen and oxygen atoms in total. The van der Waals surface area contributed by atoms with Gasteiger partial charge in [0.1, 0.15) is 5.82 Å². The zero-order valence-corrected chi connectivity index (χ0v) is 12.6. The first kappa shape index (κ1) is 14.6. The molecule has 1 unspecified atom stereocenters. The van der Waals surface area contributed by atoms with E-state index in [1.54, 1.807) is 6.07 Å². The highest BCUT2D eigenvalue weighted by atomic mass is 79.9. The summed E-state index contributed by atoms with van der Waals surface area (Å²) in [6.07, 6.45) is 1.88. The minimum Gasteiger partial charge on any atom is -0.352 e. The van der Waals surface area contributed by atoms with Gasteiger partial charge in [0, 0.05) is 11.4 Å². The van der Waals surface area contributed by atoms with Gasteiger partial charge in [-0.1, -0.05) is 28.9 Å². The van der Waals surface area contributed by atoms with E-state index < -0.39 is 5.82 Å². The first-order valence-corrected chi connectivity index (χ1v) is 7.09. The predicted molar refractivity (Wildman–Crippen MR) is 74.1 cm³/mol. The minimum atomic E-state index is -0.424. The van der Waals surface area contributed by atoms with Gasteiger partial charge < -0.3 is 5.32 Å². The summed E-state index contributed by atoms with van der Waals surface area (Å²) in [5.41, 5.74) is 0.330. The highest BCUT2D eigenvalue weighted by molar-refractivity contribution is 9.10. The van der Waals surface area contributed by atoms with Crippen molar-refractivity contribution in [3.05, 3.63) is 34.1 Å². The van der Waals surface area contributed by atoms with Crippen molar-refractivity contribution in [3.8, 4) is 0 Å². The molecule has 1 amide bonds. The van der Waals surface area contributed by atoms with E-state index in [1.165, 1.54) is 12.1 Å². The quantitative estimate of drug-likeness (QED) is 0.621. The van der Waals surface area contributed by atoms with Crippen molar-refractivity contribution >= 4 is 37.8 Å². The molecule has 1 rings (SSSR count). The average molecular weight is 367 g/mol. The maximum atomic E-state index is 13.2. The van der Waals surface area contributed by atoms with Crippen molar-refractivity contribution in [2.24, 2.45) is 0 Å². The number of hydrogen-bond donors (Lipinski definition) is 1. The Hall–Kier alpha value is -0.420. The topological polar surface area (TPSA) is 29.1 Å². The van der Waals surface area contributed by atoms with Crippen LogP contribution in [-0.2, 0) is 0 Å². The summed E-state index contributed by atoms with van der Waals surface area (Å²) in [6, 6.07) is 4.43. The van der Waals surface area contributed by atoms with E-state index in [0.29, 0.717) is 16.9 Å². The third kappa shape index (κ3) is 4.76. The Morgan fingerprint density at radius 2 is 2.24 bits per heavy atom. The van der Waals surface area contributed by atoms with E-state index in [4.69, 9.17) is 0 Å². The summed E-state index contributed by atoms with van der Waals surface area (Å²) in [6.45, 7) is 2.66. The van der Waals surface area contributed by atoms with Crippen molar-refractivity contribution in [2.75, 3.05) is 6.54 Å². The molecule has 0 heterocycles. The zero-order chi connectivity index (χ0) is 12.8. The van der Waals surface area contributed by atoms with Gasteiger partial charge in [0.25, 0.3) is 5.91 Å². The van der Waals surface area contributed by atoms with E-state index in [-0.39, 0.29) is 10.4 Å². The Kier molecular flexibility index (Phi) is 6.12. The molecule has 1 atom stereocenters. The molecule has 0 aromatic heterocycles. The van der Waals surface area contributed by atoms with E-state index in [1.807, 2.05) is 0 Å². The normalized spacial score (nSPS) is 12.2. The van der Waals surface area contributed by atoms with E-state index >= 15 is 0 Å². The van der Waals surface area contributed by atoms with Crippen molar-refractivity contribution in [2.45, 2.75) is 24.6 Å². The Morgan fingerprint density at radius 3 is 2.88 bits per heavy atom. The standard InChI is InChI=1S/C12H14Br2FNO/c1-8(13)4-3-7-16-12(17)9-5-2-6-10(15)11(9)14/h2,5-6,8H,3-4,7H2,1H3,(H,16,17). The third-order valence-corrected chi connectivity index (χ3v) is 3.52. The molecule has 17 heavy (non-hydrogen) atoms. The molecule has 0 radical (unpaired) electrons. The van der Waals surface area contributed by atoms with Gasteiger partial charge in [0.15, 0.2) is 0 Å². The number of halogens is 3. The van der Waals surface area contributed by atoms with E-state index in [0.717, 1.165) is 12.8 Å². The maximum absolute atomic E-state index is 13.2. The summed E-state index contributed by atoms with van der Waals surface area (Å²) < 4.78 is 13.4. The van der Waals surface area contributed by atoms with Crippen molar-refractivity contribution in [1.29, 1.82) is 0 Å². The number of carbonyl (C=O) groups excluding carboxylic acids is 1. The van der Waals surface area contributed by atoms with Crippen molar-refractivity contribution in [1.82, 2.24) is 5.32 Å². The van der Waals surface area contributed by atoms with E-state index in [9.17, 15) is 9.18 Å². The second-order valence-electron chi connectivity index (χ2n) is 3.78. The summed E-state index contributed by atoms with van der Waals surface area (Å²) in [5, 5.41) is 2.77. The van der Waals surface area contributed by atoms with Crippen LogP contribution in [0.15, 0.2) is 22.7 Å². The van der Waals surface area contributed by atoms with Crippen LogP contribution in [0.4, 0.5) is 4.39 Å². The fraction of sp³-hybridized carbons (Fsp3) is 0.417. The zero-order valence-electron chi connectivity index (χ0n) is 9.47. The smallest absolute Gasteiger partial charge is 0.252 e. The van der Waals surface area contributed by atoms with Crippen LogP contribution in [0.5, 0.6) is 0 Å². The van der Waals surface area contributed by atoms with Crippen LogP contribution in [-0.4, -0.2) is 17.3 Å². The van der Waals surface area contributed by atoms with Crippen LogP contribution in [0, 0.1) is 5.82 Å². The van der Waals surface area contributed by atoms with Gasteiger partial charge in [-0.25, -0.2) is 4.39 Å². The van der Waals surface area contributed by atoms with Gasteiger partial charge in [-0.3, -0.25) is 4.79 Å². The molecule has 0 aliphatic heterocycles. The largest absolute Gasteiger partial charge is 0.352 e. The molecule has 0 fully saturated rings. The molecule has 0 aliphatic rings.